The first kappa shape index (κ1) is 11.5. The molecule has 18 heavy (non-hydrogen) atoms. The van der Waals surface area contributed by atoms with Gasteiger partial charge in [-0.1, -0.05) is 48.5 Å². The molecule has 92 valence electrons. The predicted molar refractivity (Wildman–Crippen MR) is 73.7 cm³/mol. The number of hydrogen-bond donors (Lipinski definition) is 0. The van der Waals surface area contributed by atoms with Crippen molar-refractivity contribution in [1.82, 2.24) is 0 Å². The van der Waals surface area contributed by atoms with Crippen molar-refractivity contribution in [3.8, 4) is 0 Å². The first-order valence-electron chi connectivity index (χ1n) is 6.54. The van der Waals surface area contributed by atoms with E-state index in [9.17, 15) is 0 Å². The van der Waals surface area contributed by atoms with Gasteiger partial charge in [0, 0.05) is 13.5 Å². The molecule has 1 atom stereocenters. The lowest BCUT2D eigenvalue weighted by Crippen LogP contribution is -2.06. The van der Waals surface area contributed by atoms with Crippen LogP contribution in [0.15, 0.2) is 48.5 Å². The minimum Gasteiger partial charge on any atom is -0.376 e. The molecule has 0 saturated heterocycles. The van der Waals surface area contributed by atoms with Gasteiger partial charge in [0.15, 0.2) is 0 Å². The summed E-state index contributed by atoms with van der Waals surface area (Å²) in [5.41, 5.74) is 5.43. The monoisotopic (exact) mass is 238 g/mol. The second kappa shape index (κ2) is 4.95. The van der Waals surface area contributed by atoms with E-state index in [0.717, 1.165) is 19.3 Å². The fraction of sp³-hybridized carbons (Fsp3) is 0.294. The molecule has 0 heterocycles. The summed E-state index contributed by atoms with van der Waals surface area (Å²) in [6.07, 6.45) is 3.32. The van der Waals surface area contributed by atoms with E-state index in [1.807, 2.05) is 0 Å². The average molecular weight is 238 g/mol. The molecule has 6 rings (SSSR count). The Morgan fingerprint density at radius 1 is 0.778 bits per heavy atom. The number of rotatable bonds is 1. The number of aryl methyl sites for hydroxylation is 2. The molecule has 1 heteroatoms. The molecule has 0 amide bonds. The first-order valence-corrected chi connectivity index (χ1v) is 6.54. The summed E-state index contributed by atoms with van der Waals surface area (Å²) in [7, 11) is 1.79. The van der Waals surface area contributed by atoms with E-state index in [4.69, 9.17) is 4.74 Å². The quantitative estimate of drug-likeness (QED) is 0.736. The highest BCUT2D eigenvalue weighted by molar-refractivity contribution is 5.30. The molecule has 2 aromatic carbocycles. The molecule has 4 aliphatic carbocycles. The van der Waals surface area contributed by atoms with Gasteiger partial charge in [-0.05, 0) is 35.1 Å². The molecule has 0 N–H and O–H groups in total. The maximum atomic E-state index is 5.63. The van der Waals surface area contributed by atoms with Gasteiger partial charge in [0.05, 0.1) is 6.10 Å². The molecule has 2 aromatic rings. The highest BCUT2D eigenvalue weighted by atomic mass is 16.5. The molecule has 1 nitrogen and oxygen atoms in total. The van der Waals surface area contributed by atoms with Crippen molar-refractivity contribution in [2.45, 2.75) is 25.4 Å². The van der Waals surface area contributed by atoms with Gasteiger partial charge in [0.2, 0.25) is 0 Å². The summed E-state index contributed by atoms with van der Waals surface area (Å²) in [6, 6.07) is 17.8. The highest BCUT2D eigenvalue weighted by Crippen LogP contribution is 2.24. The normalized spacial score (nSPS) is 18.4. The molecular formula is C17H18O. The fourth-order valence-electron chi connectivity index (χ4n) is 2.58. The summed E-state index contributed by atoms with van der Waals surface area (Å²) in [5, 5.41) is 0. The van der Waals surface area contributed by atoms with Gasteiger partial charge >= 0.3 is 0 Å². The van der Waals surface area contributed by atoms with Crippen molar-refractivity contribution in [3.63, 3.8) is 0 Å². The molecule has 0 aromatic heterocycles. The van der Waals surface area contributed by atoms with Gasteiger partial charge < -0.3 is 4.74 Å². The third-order valence-corrected chi connectivity index (χ3v) is 3.78. The van der Waals surface area contributed by atoms with Crippen LogP contribution in [-0.2, 0) is 24.0 Å². The third-order valence-electron chi connectivity index (χ3n) is 3.78. The summed E-state index contributed by atoms with van der Waals surface area (Å²) in [6.45, 7) is 0. The number of ether oxygens (including phenoxy) is 1. The second-order valence-electron chi connectivity index (χ2n) is 4.99. The number of methoxy groups -OCH3 is 1. The molecule has 4 aliphatic rings. The van der Waals surface area contributed by atoms with Gasteiger partial charge in [-0.25, -0.2) is 0 Å². The Bertz CT molecular complexity index is 510. The maximum absolute atomic E-state index is 5.63. The Labute approximate surface area is 108 Å². The van der Waals surface area contributed by atoms with Crippen molar-refractivity contribution >= 4 is 0 Å². The molecule has 4 bridgehead atoms. The van der Waals surface area contributed by atoms with E-state index >= 15 is 0 Å². The lowest BCUT2D eigenvalue weighted by atomic mass is 9.95. The smallest absolute Gasteiger partial charge is 0.0861 e. The van der Waals surface area contributed by atoms with Gasteiger partial charge in [-0.3, -0.25) is 0 Å². The summed E-state index contributed by atoms with van der Waals surface area (Å²) >= 11 is 0. The minimum atomic E-state index is 0.157. The molecule has 1 unspecified atom stereocenters. The molecular weight excluding hydrogens is 220 g/mol. The van der Waals surface area contributed by atoms with Crippen LogP contribution < -0.4 is 0 Å². The lowest BCUT2D eigenvalue weighted by Gasteiger charge is -2.17. The number of hydrogen-bond acceptors (Lipinski definition) is 1. The maximum Gasteiger partial charge on any atom is 0.0861 e. The van der Waals surface area contributed by atoms with Crippen molar-refractivity contribution in [1.29, 1.82) is 0 Å². The number of benzene rings is 2. The van der Waals surface area contributed by atoms with E-state index in [-0.39, 0.29) is 6.10 Å². The summed E-state index contributed by atoms with van der Waals surface area (Å²) in [5.74, 6) is 0. The van der Waals surface area contributed by atoms with E-state index in [0.29, 0.717) is 0 Å². The van der Waals surface area contributed by atoms with Crippen LogP contribution in [0.2, 0.25) is 0 Å². The second-order valence-corrected chi connectivity index (χ2v) is 4.99. The van der Waals surface area contributed by atoms with E-state index in [1.165, 1.54) is 22.3 Å². The summed E-state index contributed by atoms with van der Waals surface area (Å²) in [4.78, 5) is 0. The highest BCUT2D eigenvalue weighted by Gasteiger charge is 2.12. The molecule has 0 saturated carbocycles. The van der Waals surface area contributed by atoms with Gasteiger partial charge in [-0.2, -0.15) is 0 Å². The van der Waals surface area contributed by atoms with Crippen LogP contribution in [0.3, 0.4) is 0 Å². The minimum absolute atomic E-state index is 0.157. The van der Waals surface area contributed by atoms with Crippen LogP contribution >= 0.6 is 0 Å². The van der Waals surface area contributed by atoms with Crippen molar-refractivity contribution < 1.29 is 4.74 Å². The van der Waals surface area contributed by atoms with Crippen LogP contribution in [-0.4, -0.2) is 7.11 Å². The zero-order valence-corrected chi connectivity index (χ0v) is 10.7. The van der Waals surface area contributed by atoms with Crippen molar-refractivity contribution in [3.05, 3.63) is 70.8 Å². The zero-order chi connectivity index (χ0) is 12.4. The van der Waals surface area contributed by atoms with Crippen LogP contribution in [0.5, 0.6) is 0 Å². The van der Waals surface area contributed by atoms with Gasteiger partial charge in [0.25, 0.3) is 0 Å². The Kier molecular flexibility index (Phi) is 3.16. The standard InChI is InChI=1S/C17H18O/c1-18-17-12-15-6-4-13(5-7-15)2-3-14-8-10-16(17)11-9-14/h4-11,17H,2-3,12H2,1H3. The molecule has 0 fully saturated rings. The van der Waals surface area contributed by atoms with Crippen LogP contribution in [0, 0.1) is 0 Å². The zero-order valence-electron chi connectivity index (χ0n) is 10.7. The largest absolute Gasteiger partial charge is 0.376 e. The first-order chi connectivity index (χ1) is 8.85. The van der Waals surface area contributed by atoms with E-state index in [2.05, 4.69) is 48.5 Å². The van der Waals surface area contributed by atoms with Crippen molar-refractivity contribution in [2.75, 3.05) is 7.11 Å². The Morgan fingerprint density at radius 2 is 1.28 bits per heavy atom. The fourth-order valence-corrected chi connectivity index (χ4v) is 2.58. The van der Waals surface area contributed by atoms with E-state index < -0.39 is 0 Å². The molecule has 0 radical (unpaired) electrons. The molecule has 0 aliphatic heterocycles. The van der Waals surface area contributed by atoms with Crippen LogP contribution in [0.4, 0.5) is 0 Å². The lowest BCUT2D eigenvalue weighted by molar-refractivity contribution is 0.104. The SMILES string of the molecule is COC1Cc2ccc(cc2)CCc2ccc1cc2. The van der Waals surface area contributed by atoms with Crippen LogP contribution in [0.1, 0.15) is 28.4 Å². The summed E-state index contributed by atoms with van der Waals surface area (Å²) < 4.78 is 5.63. The Balaban J connectivity index is 2.01. The molecule has 0 spiro atoms. The Morgan fingerprint density at radius 3 is 1.83 bits per heavy atom. The van der Waals surface area contributed by atoms with Crippen molar-refractivity contribution in [2.24, 2.45) is 0 Å². The van der Waals surface area contributed by atoms with Gasteiger partial charge in [-0.15, -0.1) is 0 Å². The predicted octanol–water partition coefficient (Wildman–Crippen LogP) is 3.72. The third kappa shape index (κ3) is 2.32. The van der Waals surface area contributed by atoms with Gasteiger partial charge in [0.1, 0.15) is 0 Å². The van der Waals surface area contributed by atoms with Crippen LogP contribution in [0.25, 0.3) is 0 Å². The topological polar surface area (TPSA) is 9.23 Å². The van der Waals surface area contributed by atoms with E-state index in [1.54, 1.807) is 7.11 Å². The Hall–Kier alpha value is -1.60. The average Bonchev–Trinajstić information content (AvgIpc) is 2.42.